The van der Waals surface area contributed by atoms with Gasteiger partial charge in [0, 0.05) is 17.5 Å². The third-order valence-corrected chi connectivity index (χ3v) is 5.42. The van der Waals surface area contributed by atoms with Gasteiger partial charge in [0.1, 0.15) is 11.5 Å². The van der Waals surface area contributed by atoms with Crippen molar-refractivity contribution in [3.8, 4) is 11.5 Å². The summed E-state index contributed by atoms with van der Waals surface area (Å²) in [6, 6.07) is 16.8. The number of methoxy groups -OCH3 is 2. The number of carbonyl (C=O) groups is 1. The van der Waals surface area contributed by atoms with E-state index in [1.54, 1.807) is 25.5 Å². The molecule has 0 N–H and O–H groups in total. The Labute approximate surface area is 173 Å². The number of hydrazone groups is 1. The van der Waals surface area contributed by atoms with E-state index in [9.17, 15) is 4.79 Å². The molecule has 2 aliphatic rings. The molecule has 0 bridgehead atoms. The molecule has 0 amide bonds. The Hall–Kier alpha value is -3.74. The van der Waals surface area contributed by atoms with Gasteiger partial charge in [0.05, 0.1) is 32.1 Å². The number of fused-ring (bicyclic) bond motifs is 3. The predicted molar refractivity (Wildman–Crippen MR) is 109 cm³/mol. The van der Waals surface area contributed by atoms with Crippen molar-refractivity contribution < 1.29 is 23.4 Å². The van der Waals surface area contributed by atoms with Gasteiger partial charge >= 0.3 is 5.97 Å². The third-order valence-electron chi connectivity index (χ3n) is 5.42. The summed E-state index contributed by atoms with van der Waals surface area (Å²) < 4.78 is 22.3. The summed E-state index contributed by atoms with van der Waals surface area (Å²) in [6.07, 6.45) is 1.86. The maximum Gasteiger partial charge on any atom is 0.337 e. The van der Waals surface area contributed by atoms with Gasteiger partial charge in [-0.2, -0.15) is 5.10 Å². The van der Waals surface area contributed by atoms with E-state index in [1.807, 2.05) is 47.5 Å². The second-order valence-corrected chi connectivity index (χ2v) is 7.09. The molecule has 7 nitrogen and oxygen atoms in total. The quantitative estimate of drug-likeness (QED) is 0.603. The summed E-state index contributed by atoms with van der Waals surface area (Å²) in [5.41, 5.74) is 3.23. The molecule has 5 rings (SSSR count). The van der Waals surface area contributed by atoms with Crippen LogP contribution in [0, 0.1) is 0 Å². The Kier molecular flexibility index (Phi) is 4.43. The lowest BCUT2D eigenvalue weighted by molar-refractivity contribution is -0.0209. The first kappa shape index (κ1) is 18.3. The Balaban J connectivity index is 1.58. The van der Waals surface area contributed by atoms with Crippen molar-refractivity contribution >= 4 is 11.7 Å². The zero-order chi connectivity index (χ0) is 20.7. The number of rotatable bonds is 4. The fourth-order valence-corrected chi connectivity index (χ4v) is 3.96. The molecule has 0 fully saturated rings. The molecular weight excluding hydrogens is 384 g/mol. The lowest BCUT2D eigenvalue weighted by Gasteiger charge is -2.38. The SMILES string of the molecule is COC(=O)c1ccc([C@H]2Oc3c(OC)cccc3[C@H]3CC(c4ccco4)=NN32)cc1. The van der Waals surface area contributed by atoms with Gasteiger partial charge < -0.3 is 18.6 Å². The van der Waals surface area contributed by atoms with Gasteiger partial charge in [0.2, 0.25) is 6.23 Å². The predicted octanol–water partition coefficient (Wildman–Crippen LogP) is 4.32. The molecule has 2 aliphatic heterocycles. The zero-order valence-electron chi connectivity index (χ0n) is 16.6. The van der Waals surface area contributed by atoms with Gasteiger partial charge in [-0.15, -0.1) is 0 Å². The first-order valence-electron chi connectivity index (χ1n) is 9.61. The highest BCUT2D eigenvalue weighted by molar-refractivity contribution is 5.99. The van der Waals surface area contributed by atoms with Gasteiger partial charge in [-0.3, -0.25) is 0 Å². The normalized spacial score (nSPS) is 19.4. The van der Waals surface area contributed by atoms with Gasteiger partial charge in [0.15, 0.2) is 11.5 Å². The minimum Gasteiger partial charge on any atom is -0.493 e. The molecule has 7 heteroatoms. The van der Waals surface area contributed by atoms with Crippen LogP contribution in [-0.2, 0) is 4.74 Å². The molecule has 2 aromatic carbocycles. The maximum atomic E-state index is 11.8. The van der Waals surface area contributed by atoms with Crippen molar-refractivity contribution in [1.82, 2.24) is 5.01 Å². The Morgan fingerprint density at radius 2 is 1.93 bits per heavy atom. The number of hydrogen-bond donors (Lipinski definition) is 0. The topological polar surface area (TPSA) is 73.5 Å². The van der Waals surface area contributed by atoms with Crippen LogP contribution in [0.5, 0.6) is 11.5 Å². The Morgan fingerprint density at radius 3 is 2.63 bits per heavy atom. The lowest BCUT2D eigenvalue weighted by atomic mass is 9.97. The number of furan rings is 1. The van der Waals surface area contributed by atoms with Crippen LogP contribution >= 0.6 is 0 Å². The molecule has 152 valence electrons. The van der Waals surface area contributed by atoms with Crippen molar-refractivity contribution in [3.63, 3.8) is 0 Å². The standard InChI is InChI=1S/C23H20N2O5/c1-27-20-6-3-5-16-18-13-17(19-7-4-12-29-19)24-25(18)22(30-21(16)20)14-8-10-15(11-9-14)23(26)28-2/h3-12,18,22H,13H2,1-2H3/t18-,22-/m1/s1. The number of esters is 1. The first-order valence-corrected chi connectivity index (χ1v) is 9.61. The minimum absolute atomic E-state index is 0.0192. The molecule has 0 unspecified atom stereocenters. The number of hydrogen-bond acceptors (Lipinski definition) is 7. The first-order chi connectivity index (χ1) is 14.7. The van der Waals surface area contributed by atoms with Crippen molar-refractivity contribution in [2.75, 3.05) is 14.2 Å². The van der Waals surface area contributed by atoms with E-state index >= 15 is 0 Å². The number of para-hydroxylation sites is 1. The number of carbonyl (C=O) groups excluding carboxylic acids is 1. The van der Waals surface area contributed by atoms with E-state index in [0.29, 0.717) is 23.5 Å². The molecule has 0 radical (unpaired) electrons. The molecule has 3 aromatic rings. The number of nitrogens with zero attached hydrogens (tertiary/aromatic N) is 2. The summed E-state index contributed by atoms with van der Waals surface area (Å²) >= 11 is 0. The lowest BCUT2D eigenvalue weighted by Crippen LogP contribution is -2.33. The highest BCUT2D eigenvalue weighted by Crippen LogP contribution is 2.50. The van der Waals surface area contributed by atoms with Crippen LogP contribution in [0.4, 0.5) is 0 Å². The van der Waals surface area contributed by atoms with E-state index in [4.69, 9.17) is 23.7 Å². The average Bonchev–Trinajstić information content (AvgIpc) is 3.47. The summed E-state index contributed by atoms with van der Waals surface area (Å²) in [4.78, 5) is 11.8. The molecule has 2 atom stereocenters. The fourth-order valence-electron chi connectivity index (χ4n) is 3.96. The number of benzene rings is 2. The Bertz CT molecular complexity index is 1110. The van der Waals surface area contributed by atoms with Crippen LogP contribution in [0.1, 0.15) is 45.9 Å². The van der Waals surface area contributed by atoms with E-state index in [1.165, 1.54) is 7.11 Å². The van der Waals surface area contributed by atoms with Crippen LogP contribution in [0.15, 0.2) is 70.4 Å². The van der Waals surface area contributed by atoms with Crippen molar-refractivity contribution in [3.05, 3.63) is 83.3 Å². The summed E-state index contributed by atoms with van der Waals surface area (Å²) in [7, 11) is 2.99. The van der Waals surface area contributed by atoms with Crippen LogP contribution in [0.3, 0.4) is 0 Å². The molecule has 0 aliphatic carbocycles. The second kappa shape index (κ2) is 7.26. The third kappa shape index (κ3) is 2.90. The molecule has 3 heterocycles. The van der Waals surface area contributed by atoms with E-state index in [2.05, 4.69) is 0 Å². The van der Waals surface area contributed by atoms with Crippen molar-refractivity contribution in [2.24, 2.45) is 5.10 Å². The summed E-state index contributed by atoms with van der Waals surface area (Å²) in [5.74, 6) is 1.75. The average molecular weight is 404 g/mol. The monoisotopic (exact) mass is 404 g/mol. The molecule has 1 aromatic heterocycles. The fraction of sp³-hybridized carbons (Fsp3) is 0.217. The minimum atomic E-state index is -0.474. The summed E-state index contributed by atoms with van der Waals surface area (Å²) in [5, 5.41) is 6.79. The number of ether oxygens (including phenoxy) is 3. The molecule has 30 heavy (non-hydrogen) atoms. The van der Waals surface area contributed by atoms with Gasteiger partial charge in [0.25, 0.3) is 0 Å². The van der Waals surface area contributed by atoms with Gasteiger partial charge in [-0.25, -0.2) is 9.80 Å². The van der Waals surface area contributed by atoms with Crippen molar-refractivity contribution in [1.29, 1.82) is 0 Å². The molecular formula is C23H20N2O5. The molecule has 0 saturated heterocycles. The highest BCUT2D eigenvalue weighted by atomic mass is 16.5. The van der Waals surface area contributed by atoms with Gasteiger partial charge in [-0.05, 0) is 30.3 Å². The highest BCUT2D eigenvalue weighted by Gasteiger charge is 2.42. The smallest absolute Gasteiger partial charge is 0.337 e. The molecule has 0 spiro atoms. The van der Waals surface area contributed by atoms with Crippen LogP contribution in [-0.4, -0.2) is 30.9 Å². The van der Waals surface area contributed by atoms with E-state index in [-0.39, 0.29) is 12.0 Å². The largest absolute Gasteiger partial charge is 0.493 e. The van der Waals surface area contributed by atoms with E-state index < -0.39 is 6.23 Å². The zero-order valence-corrected chi connectivity index (χ0v) is 16.6. The van der Waals surface area contributed by atoms with Crippen LogP contribution < -0.4 is 9.47 Å². The Morgan fingerprint density at radius 1 is 1.10 bits per heavy atom. The maximum absolute atomic E-state index is 11.8. The van der Waals surface area contributed by atoms with Crippen molar-refractivity contribution in [2.45, 2.75) is 18.7 Å². The second-order valence-electron chi connectivity index (χ2n) is 7.09. The van der Waals surface area contributed by atoms with E-state index in [0.717, 1.165) is 22.6 Å². The van der Waals surface area contributed by atoms with Crippen LogP contribution in [0.2, 0.25) is 0 Å². The summed E-state index contributed by atoms with van der Waals surface area (Å²) in [6.45, 7) is 0. The molecule has 0 saturated carbocycles. The van der Waals surface area contributed by atoms with Crippen LogP contribution in [0.25, 0.3) is 0 Å². The van der Waals surface area contributed by atoms with Gasteiger partial charge in [-0.1, -0.05) is 24.3 Å².